The molecule has 0 aromatic heterocycles. The van der Waals surface area contributed by atoms with E-state index in [-0.39, 0.29) is 23.5 Å². The first-order chi connectivity index (χ1) is 12.5. The van der Waals surface area contributed by atoms with Crippen LogP contribution in [0.4, 0.5) is 9.18 Å². The summed E-state index contributed by atoms with van der Waals surface area (Å²) < 4.78 is 23.9. The molecule has 8 heteroatoms. The van der Waals surface area contributed by atoms with Crippen LogP contribution in [0, 0.1) is 5.82 Å². The van der Waals surface area contributed by atoms with Crippen molar-refractivity contribution in [2.24, 2.45) is 0 Å². The number of thioether (sulfide) groups is 1. The molecule has 26 heavy (non-hydrogen) atoms. The zero-order chi connectivity index (χ0) is 18.5. The molecule has 2 aromatic rings. The van der Waals surface area contributed by atoms with E-state index in [0.717, 1.165) is 17.3 Å². The summed E-state index contributed by atoms with van der Waals surface area (Å²) in [6, 6.07) is 11.0. The number of nitrogens with one attached hydrogen (secondary N) is 1. The van der Waals surface area contributed by atoms with Gasteiger partial charge in [0.15, 0.2) is 0 Å². The standard InChI is InChI=1S/C18H13ClFNO4S/c19-14-10-12(20)3-6-15(14)25-8-7-24-13-4-1-11(2-5-13)9-16-17(22)21-18(23)26-16/h1-6,9-10H,7-8H2,(H,21,22,23)/b16-9-. The van der Waals surface area contributed by atoms with Crippen LogP contribution in [0.15, 0.2) is 47.4 Å². The molecule has 1 N–H and O–H groups in total. The molecule has 1 aliphatic heterocycles. The van der Waals surface area contributed by atoms with Gasteiger partial charge in [-0.3, -0.25) is 14.9 Å². The van der Waals surface area contributed by atoms with Crippen molar-refractivity contribution < 1.29 is 23.5 Å². The van der Waals surface area contributed by atoms with Gasteiger partial charge < -0.3 is 9.47 Å². The summed E-state index contributed by atoms with van der Waals surface area (Å²) in [4.78, 5) is 23.0. The first kappa shape index (κ1) is 18.3. The molecule has 2 amide bonds. The third-order valence-corrected chi connectivity index (χ3v) is 4.43. The number of imide groups is 1. The van der Waals surface area contributed by atoms with E-state index in [2.05, 4.69) is 5.32 Å². The minimum Gasteiger partial charge on any atom is -0.490 e. The quantitative estimate of drug-likeness (QED) is 0.586. The zero-order valence-electron chi connectivity index (χ0n) is 13.3. The molecule has 0 bridgehead atoms. The van der Waals surface area contributed by atoms with E-state index in [0.29, 0.717) is 16.4 Å². The van der Waals surface area contributed by atoms with Crippen molar-refractivity contribution >= 4 is 40.6 Å². The number of ether oxygens (including phenoxy) is 2. The number of amides is 2. The average molecular weight is 394 g/mol. The SMILES string of the molecule is O=C1NC(=O)/C(=C/c2ccc(OCCOc3ccc(F)cc3Cl)cc2)S1. The Morgan fingerprint density at radius 3 is 2.46 bits per heavy atom. The van der Waals surface area contributed by atoms with Crippen LogP contribution in [0.5, 0.6) is 11.5 Å². The van der Waals surface area contributed by atoms with Crippen LogP contribution in [0.2, 0.25) is 5.02 Å². The predicted octanol–water partition coefficient (Wildman–Crippen LogP) is 4.26. The largest absolute Gasteiger partial charge is 0.490 e. The number of benzene rings is 2. The summed E-state index contributed by atoms with van der Waals surface area (Å²) in [5.41, 5.74) is 0.777. The maximum Gasteiger partial charge on any atom is 0.290 e. The Labute approximate surface area is 158 Å². The maximum atomic E-state index is 12.9. The van der Waals surface area contributed by atoms with E-state index in [1.165, 1.54) is 18.2 Å². The molecule has 3 rings (SSSR count). The van der Waals surface area contributed by atoms with Gasteiger partial charge in [-0.15, -0.1) is 0 Å². The van der Waals surface area contributed by atoms with E-state index in [9.17, 15) is 14.0 Å². The number of carbonyl (C=O) groups excluding carboxylic acids is 2. The van der Waals surface area contributed by atoms with Crippen LogP contribution in [-0.4, -0.2) is 24.4 Å². The fraction of sp³-hybridized carbons (Fsp3) is 0.111. The van der Waals surface area contributed by atoms with Crippen LogP contribution in [0.3, 0.4) is 0 Å². The van der Waals surface area contributed by atoms with Gasteiger partial charge in [0.25, 0.3) is 11.1 Å². The Morgan fingerprint density at radius 1 is 1.08 bits per heavy atom. The molecule has 1 saturated heterocycles. The third kappa shape index (κ3) is 4.77. The lowest BCUT2D eigenvalue weighted by Gasteiger charge is -2.09. The Kier molecular flexibility index (Phi) is 5.80. The highest BCUT2D eigenvalue weighted by atomic mass is 35.5. The van der Waals surface area contributed by atoms with Crippen LogP contribution in [-0.2, 0) is 4.79 Å². The lowest BCUT2D eigenvalue weighted by Crippen LogP contribution is -2.17. The fourth-order valence-corrected chi connectivity index (χ4v) is 3.04. The van der Waals surface area contributed by atoms with Gasteiger partial charge in [0, 0.05) is 0 Å². The second-order valence-corrected chi connectivity index (χ2v) is 6.61. The molecule has 0 aliphatic carbocycles. The van der Waals surface area contributed by atoms with Crippen molar-refractivity contribution in [3.8, 4) is 11.5 Å². The molecule has 134 valence electrons. The number of halogens is 2. The summed E-state index contributed by atoms with van der Waals surface area (Å²) in [6.45, 7) is 0.525. The topological polar surface area (TPSA) is 64.6 Å². The van der Waals surface area contributed by atoms with Gasteiger partial charge in [-0.1, -0.05) is 23.7 Å². The molecule has 5 nitrogen and oxygen atoms in total. The van der Waals surface area contributed by atoms with Crippen LogP contribution < -0.4 is 14.8 Å². The van der Waals surface area contributed by atoms with Crippen molar-refractivity contribution in [1.82, 2.24) is 5.32 Å². The van der Waals surface area contributed by atoms with Crippen LogP contribution in [0.25, 0.3) is 6.08 Å². The second-order valence-electron chi connectivity index (χ2n) is 5.19. The van der Waals surface area contributed by atoms with Crippen molar-refractivity contribution in [3.63, 3.8) is 0 Å². The number of carbonyl (C=O) groups is 2. The lowest BCUT2D eigenvalue weighted by molar-refractivity contribution is -0.115. The molecule has 0 radical (unpaired) electrons. The number of hydrogen-bond acceptors (Lipinski definition) is 5. The minimum atomic E-state index is -0.425. The molecular weight excluding hydrogens is 381 g/mol. The monoisotopic (exact) mass is 393 g/mol. The normalized spacial score (nSPS) is 15.2. The van der Waals surface area contributed by atoms with Gasteiger partial charge in [-0.05, 0) is 53.7 Å². The van der Waals surface area contributed by atoms with E-state index >= 15 is 0 Å². The molecule has 2 aromatic carbocycles. The number of rotatable bonds is 6. The highest BCUT2D eigenvalue weighted by Crippen LogP contribution is 2.26. The molecule has 0 unspecified atom stereocenters. The molecule has 0 saturated carbocycles. The predicted molar refractivity (Wildman–Crippen MR) is 97.9 cm³/mol. The van der Waals surface area contributed by atoms with Gasteiger partial charge in [0.2, 0.25) is 0 Å². The molecular formula is C18H13ClFNO4S. The van der Waals surface area contributed by atoms with E-state index in [1.54, 1.807) is 30.3 Å². The van der Waals surface area contributed by atoms with Gasteiger partial charge in [0.05, 0.1) is 9.93 Å². The van der Waals surface area contributed by atoms with Gasteiger partial charge in [-0.25, -0.2) is 4.39 Å². The lowest BCUT2D eigenvalue weighted by atomic mass is 10.2. The minimum absolute atomic E-state index is 0.203. The summed E-state index contributed by atoms with van der Waals surface area (Å²) >= 11 is 6.74. The van der Waals surface area contributed by atoms with Gasteiger partial charge in [-0.2, -0.15) is 0 Å². The highest BCUT2D eigenvalue weighted by molar-refractivity contribution is 8.18. The molecule has 1 fully saturated rings. The summed E-state index contributed by atoms with van der Waals surface area (Å²) in [7, 11) is 0. The number of hydrogen-bond donors (Lipinski definition) is 1. The van der Waals surface area contributed by atoms with E-state index in [4.69, 9.17) is 21.1 Å². The van der Waals surface area contributed by atoms with E-state index in [1.807, 2.05) is 0 Å². The average Bonchev–Trinajstić information content (AvgIpc) is 2.92. The Bertz CT molecular complexity index is 870. The van der Waals surface area contributed by atoms with Crippen molar-refractivity contribution in [1.29, 1.82) is 0 Å². The molecule has 1 aliphatic rings. The molecule has 1 heterocycles. The van der Waals surface area contributed by atoms with Crippen molar-refractivity contribution in [3.05, 3.63) is 63.8 Å². The molecule has 0 spiro atoms. The van der Waals surface area contributed by atoms with Gasteiger partial charge >= 0.3 is 0 Å². The summed E-state index contributed by atoms with van der Waals surface area (Å²) in [6.07, 6.45) is 1.63. The highest BCUT2D eigenvalue weighted by Gasteiger charge is 2.24. The van der Waals surface area contributed by atoms with Crippen LogP contribution in [0.1, 0.15) is 5.56 Å². The smallest absolute Gasteiger partial charge is 0.290 e. The fourth-order valence-electron chi connectivity index (χ4n) is 2.14. The Balaban J connectivity index is 1.49. The van der Waals surface area contributed by atoms with Crippen molar-refractivity contribution in [2.45, 2.75) is 0 Å². The summed E-state index contributed by atoms with van der Waals surface area (Å²) in [5, 5.41) is 2.03. The third-order valence-electron chi connectivity index (χ3n) is 3.32. The maximum absolute atomic E-state index is 12.9. The molecule has 0 atom stereocenters. The van der Waals surface area contributed by atoms with Crippen LogP contribution >= 0.6 is 23.4 Å². The Hall–Kier alpha value is -2.51. The summed E-state index contributed by atoms with van der Waals surface area (Å²) in [5.74, 6) is 0.199. The zero-order valence-corrected chi connectivity index (χ0v) is 14.9. The van der Waals surface area contributed by atoms with Gasteiger partial charge in [0.1, 0.15) is 30.5 Å². The Morgan fingerprint density at radius 2 is 1.81 bits per heavy atom. The first-order valence-corrected chi connectivity index (χ1v) is 8.76. The first-order valence-electron chi connectivity index (χ1n) is 7.57. The second kappa shape index (κ2) is 8.25. The van der Waals surface area contributed by atoms with Crippen molar-refractivity contribution in [2.75, 3.05) is 13.2 Å². The van der Waals surface area contributed by atoms with E-state index < -0.39 is 11.7 Å².